The van der Waals surface area contributed by atoms with Gasteiger partial charge in [0.1, 0.15) is 0 Å². The second-order valence-electron chi connectivity index (χ2n) is 3.53. The Labute approximate surface area is 95.5 Å². The molecule has 2 N–H and O–H groups in total. The molecule has 3 nitrogen and oxygen atoms in total. The lowest BCUT2D eigenvalue weighted by Gasteiger charge is -2.12. The lowest BCUT2D eigenvalue weighted by atomic mass is 10.1. The molecule has 84 valence electrons. The zero-order valence-corrected chi connectivity index (χ0v) is 9.67. The number of nitrogens with one attached hydrogen (secondary N) is 1. The third-order valence-corrected chi connectivity index (χ3v) is 2.46. The van der Waals surface area contributed by atoms with Crippen LogP contribution >= 0.6 is 11.6 Å². The van der Waals surface area contributed by atoms with Gasteiger partial charge in [0.2, 0.25) is 0 Å². The van der Waals surface area contributed by atoms with Crippen molar-refractivity contribution >= 4 is 11.6 Å². The molecule has 1 rings (SSSR count). The summed E-state index contributed by atoms with van der Waals surface area (Å²) in [6.45, 7) is 3.63. The molecule has 0 saturated heterocycles. The van der Waals surface area contributed by atoms with Crippen LogP contribution in [0.3, 0.4) is 0 Å². The van der Waals surface area contributed by atoms with Crippen LogP contribution < -0.4 is 5.32 Å². The number of hydrogen-bond acceptors (Lipinski definition) is 3. The molecule has 4 heteroatoms. The topological polar surface area (TPSA) is 45.1 Å². The van der Waals surface area contributed by atoms with Crippen molar-refractivity contribution in [2.75, 3.05) is 13.1 Å². The third kappa shape index (κ3) is 4.60. The van der Waals surface area contributed by atoms with Gasteiger partial charge in [-0.25, -0.2) is 0 Å². The van der Waals surface area contributed by atoms with Crippen LogP contribution in [0.5, 0.6) is 0 Å². The summed E-state index contributed by atoms with van der Waals surface area (Å²) < 4.78 is 0. The van der Waals surface area contributed by atoms with Crippen molar-refractivity contribution in [3.63, 3.8) is 0 Å². The predicted molar refractivity (Wildman–Crippen MR) is 62.1 cm³/mol. The Bertz CT molecular complexity index is 294. The zero-order chi connectivity index (χ0) is 11.1. The van der Waals surface area contributed by atoms with Gasteiger partial charge in [0.25, 0.3) is 0 Å². The quantitative estimate of drug-likeness (QED) is 0.728. The Morgan fingerprint density at radius 2 is 2.40 bits per heavy atom. The molecule has 1 aromatic rings. The second kappa shape index (κ2) is 6.77. The van der Waals surface area contributed by atoms with E-state index in [9.17, 15) is 5.11 Å². The number of rotatable bonds is 6. The Hall–Kier alpha value is -0.640. The molecular formula is C11H17ClN2O. The van der Waals surface area contributed by atoms with Gasteiger partial charge in [0, 0.05) is 25.4 Å². The Morgan fingerprint density at radius 3 is 3.07 bits per heavy atom. The van der Waals surface area contributed by atoms with Crippen molar-refractivity contribution in [2.45, 2.75) is 25.9 Å². The van der Waals surface area contributed by atoms with Crippen LogP contribution in [-0.2, 0) is 6.42 Å². The van der Waals surface area contributed by atoms with E-state index < -0.39 is 6.10 Å². The van der Waals surface area contributed by atoms with Crippen LogP contribution in [0, 0.1) is 0 Å². The normalized spacial score (nSPS) is 12.7. The predicted octanol–water partition coefficient (Wildman–Crippen LogP) is 1.64. The van der Waals surface area contributed by atoms with E-state index >= 15 is 0 Å². The maximum absolute atomic E-state index is 9.71. The highest BCUT2D eigenvalue weighted by Gasteiger charge is 2.07. The first kappa shape index (κ1) is 12.4. The first-order valence-corrected chi connectivity index (χ1v) is 5.59. The molecule has 15 heavy (non-hydrogen) atoms. The molecule has 1 aromatic heterocycles. The fraction of sp³-hybridized carbons (Fsp3) is 0.545. The number of pyridine rings is 1. The van der Waals surface area contributed by atoms with Crippen LogP contribution in [-0.4, -0.2) is 29.3 Å². The van der Waals surface area contributed by atoms with Gasteiger partial charge in [-0.3, -0.25) is 4.98 Å². The van der Waals surface area contributed by atoms with E-state index in [1.54, 1.807) is 12.4 Å². The number of halogens is 1. The molecule has 0 saturated carbocycles. The van der Waals surface area contributed by atoms with Crippen LogP contribution in [0.15, 0.2) is 18.5 Å². The lowest BCUT2D eigenvalue weighted by molar-refractivity contribution is 0.172. The molecule has 0 aromatic carbocycles. The van der Waals surface area contributed by atoms with Crippen molar-refractivity contribution in [3.8, 4) is 0 Å². The standard InChI is InChI=1S/C11H17ClN2O/c1-2-4-13-7-10(15)6-9-3-5-14-8-11(9)12/h3,5,8,10,13,15H,2,4,6-7H2,1H3. The molecule has 0 aliphatic rings. The molecule has 1 heterocycles. The van der Waals surface area contributed by atoms with Gasteiger partial charge in [-0.2, -0.15) is 0 Å². The Balaban J connectivity index is 2.37. The zero-order valence-electron chi connectivity index (χ0n) is 8.91. The fourth-order valence-electron chi connectivity index (χ4n) is 1.34. The largest absolute Gasteiger partial charge is 0.391 e. The summed E-state index contributed by atoms with van der Waals surface area (Å²) in [7, 11) is 0. The number of nitrogens with zero attached hydrogens (tertiary/aromatic N) is 1. The van der Waals surface area contributed by atoms with Gasteiger partial charge in [-0.1, -0.05) is 18.5 Å². The van der Waals surface area contributed by atoms with Crippen molar-refractivity contribution < 1.29 is 5.11 Å². The van der Waals surface area contributed by atoms with Gasteiger partial charge in [-0.05, 0) is 24.6 Å². The van der Waals surface area contributed by atoms with E-state index in [4.69, 9.17) is 11.6 Å². The van der Waals surface area contributed by atoms with Crippen molar-refractivity contribution in [2.24, 2.45) is 0 Å². The van der Waals surface area contributed by atoms with Crippen LogP contribution in [0.2, 0.25) is 5.02 Å². The summed E-state index contributed by atoms with van der Waals surface area (Å²) in [5.41, 5.74) is 0.942. The third-order valence-electron chi connectivity index (χ3n) is 2.12. The fourth-order valence-corrected chi connectivity index (χ4v) is 1.54. The Kier molecular flexibility index (Phi) is 5.61. The van der Waals surface area contributed by atoms with E-state index in [2.05, 4.69) is 17.2 Å². The molecule has 0 amide bonds. The number of aromatic nitrogens is 1. The van der Waals surface area contributed by atoms with Gasteiger partial charge < -0.3 is 10.4 Å². The maximum Gasteiger partial charge on any atom is 0.0705 e. The average molecular weight is 229 g/mol. The summed E-state index contributed by atoms with van der Waals surface area (Å²) >= 11 is 5.94. The molecule has 1 unspecified atom stereocenters. The second-order valence-corrected chi connectivity index (χ2v) is 3.94. The minimum Gasteiger partial charge on any atom is -0.391 e. The summed E-state index contributed by atoms with van der Waals surface area (Å²) in [5, 5.41) is 13.5. The van der Waals surface area contributed by atoms with Crippen molar-refractivity contribution in [1.29, 1.82) is 0 Å². The first-order valence-electron chi connectivity index (χ1n) is 5.21. The van der Waals surface area contributed by atoms with E-state index in [1.165, 1.54) is 0 Å². The molecule has 0 bridgehead atoms. The van der Waals surface area contributed by atoms with Crippen molar-refractivity contribution in [1.82, 2.24) is 10.3 Å². The van der Waals surface area contributed by atoms with Crippen LogP contribution in [0.4, 0.5) is 0 Å². The summed E-state index contributed by atoms with van der Waals surface area (Å²) in [4.78, 5) is 3.90. The van der Waals surface area contributed by atoms with E-state index in [0.717, 1.165) is 18.5 Å². The molecule has 1 atom stereocenters. The summed E-state index contributed by atoms with van der Waals surface area (Å²) in [6, 6.07) is 1.84. The van der Waals surface area contributed by atoms with Crippen LogP contribution in [0.25, 0.3) is 0 Å². The minimum atomic E-state index is -0.392. The number of aliphatic hydroxyl groups is 1. The van der Waals surface area contributed by atoms with Gasteiger partial charge in [0.05, 0.1) is 11.1 Å². The summed E-state index contributed by atoms with van der Waals surface area (Å²) in [5.74, 6) is 0. The smallest absolute Gasteiger partial charge is 0.0705 e. The molecule has 0 aliphatic carbocycles. The van der Waals surface area contributed by atoms with Gasteiger partial charge >= 0.3 is 0 Å². The Morgan fingerprint density at radius 1 is 1.60 bits per heavy atom. The van der Waals surface area contributed by atoms with Crippen molar-refractivity contribution in [3.05, 3.63) is 29.0 Å². The molecule has 0 radical (unpaired) electrons. The monoisotopic (exact) mass is 228 g/mol. The molecule has 0 spiro atoms. The minimum absolute atomic E-state index is 0.392. The highest BCUT2D eigenvalue weighted by Crippen LogP contribution is 2.14. The SMILES string of the molecule is CCCNCC(O)Cc1ccncc1Cl. The van der Waals surface area contributed by atoms with E-state index in [0.29, 0.717) is 18.0 Å². The highest BCUT2D eigenvalue weighted by atomic mass is 35.5. The molecule has 0 aliphatic heterocycles. The van der Waals surface area contributed by atoms with Gasteiger partial charge in [-0.15, -0.1) is 0 Å². The average Bonchev–Trinajstić information content (AvgIpc) is 2.22. The first-order chi connectivity index (χ1) is 7.24. The molecule has 0 fully saturated rings. The van der Waals surface area contributed by atoms with E-state index in [-0.39, 0.29) is 0 Å². The van der Waals surface area contributed by atoms with Crippen LogP contribution in [0.1, 0.15) is 18.9 Å². The lowest BCUT2D eigenvalue weighted by Crippen LogP contribution is -2.28. The number of aliphatic hydroxyl groups excluding tert-OH is 1. The molecular weight excluding hydrogens is 212 g/mol. The van der Waals surface area contributed by atoms with E-state index in [1.807, 2.05) is 6.07 Å². The maximum atomic E-state index is 9.71. The number of hydrogen-bond donors (Lipinski definition) is 2. The summed E-state index contributed by atoms with van der Waals surface area (Å²) in [6.07, 6.45) is 4.54. The van der Waals surface area contributed by atoms with Gasteiger partial charge in [0.15, 0.2) is 0 Å². The highest BCUT2D eigenvalue weighted by molar-refractivity contribution is 6.31.